The van der Waals surface area contributed by atoms with Crippen molar-refractivity contribution >= 4 is 18.4 Å². The molecule has 2 heterocycles. The molecule has 0 saturated heterocycles. The number of hydrogen-bond acceptors (Lipinski definition) is 4. The fourth-order valence-corrected chi connectivity index (χ4v) is 1.82. The highest BCUT2D eigenvalue weighted by Crippen LogP contribution is 2.09. The molecule has 2 aromatic rings. The molecule has 0 aliphatic heterocycles. The molecule has 0 aliphatic rings. The van der Waals surface area contributed by atoms with E-state index in [0.717, 1.165) is 22.8 Å². The predicted octanol–water partition coefficient (Wildman–Crippen LogP) is 1.48. The van der Waals surface area contributed by atoms with Crippen LogP contribution in [0.5, 0.6) is 0 Å². The number of nitrogens with zero attached hydrogens (tertiary/aromatic N) is 5. The summed E-state index contributed by atoms with van der Waals surface area (Å²) >= 11 is 5.07. The SMILES string of the molecule is Cc1nn(C)c(C)c1/C=N/n1c(C)n[nH]c1=S. The molecule has 0 aliphatic carbocycles. The Morgan fingerprint density at radius 1 is 1.35 bits per heavy atom. The Morgan fingerprint density at radius 2 is 2.06 bits per heavy atom. The predicted molar refractivity (Wildman–Crippen MR) is 67.8 cm³/mol. The summed E-state index contributed by atoms with van der Waals surface area (Å²) in [6.45, 7) is 5.80. The molecule has 0 fully saturated rings. The maximum atomic E-state index is 5.07. The van der Waals surface area contributed by atoms with Crippen molar-refractivity contribution in [3.05, 3.63) is 27.5 Å². The van der Waals surface area contributed by atoms with Gasteiger partial charge in [0.2, 0.25) is 4.77 Å². The van der Waals surface area contributed by atoms with Crippen LogP contribution in [0.15, 0.2) is 5.10 Å². The van der Waals surface area contributed by atoms with Crippen LogP contribution in [0.4, 0.5) is 0 Å². The second kappa shape index (κ2) is 4.25. The van der Waals surface area contributed by atoms with Crippen molar-refractivity contribution in [3.63, 3.8) is 0 Å². The first-order valence-corrected chi connectivity index (χ1v) is 5.60. The highest BCUT2D eigenvalue weighted by atomic mass is 32.1. The van der Waals surface area contributed by atoms with Crippen molar-refractivity contribution in [2.45, 2.75) is 20.8 Å². The van der Waals surface area contributed by atoms with Crippen LogP contribution in [0, 0.1) is 25.5 Å². The first-order chi connectivity index (χ1) is 8.00. The highest BCUT2D eigenvalue weighted by Gasteiger charge is 2.07. The number of rotatable bonds is 2. The summed E-state index contributed by atoms with van der Waals surface area (Å²) < 4.78 is 3.90. The second-order valence-corrected chi connectivity index (χ2v) is 4.23. The minimum absolute atomic E-state index is 0.484. The summed E-state index contributed by atoms with van der Waals surface area (Å²) in [6.07, 6.45) is 1.76. The number of hydrogen-bond donors (Lipinski definition) is 1. The Hall–Kier alpha value is -1.76. The standard InChI is InChI=1S/C10H14N6S/c1-6-9(7(2)15(4)14-6)5-11-16-8(3)12-13-10(16)17/h5H,1-4H3,(H,13,17)/b11-5+. The summed E-state index contributed by atoms with van der Waals surface area (Å²) in [6, 6.07) is 0. The monoisotopic (exact) mass is 250 g/mol. The fourth-order valence-electron chi connectivity index (χ4n) is 1.60. The Kier molecular flexibility index (Phi) is 2.93. The molecular formula is C10H14N6S. The normalized spacial score (nSPS) is 11.5. The van der Waals surface area contributed by atoms with Crippen molar-refractivity contribution in [1.82, 2.24) is 24.7 Å². The van der Waals surface area contributed by atoms with E-state index in [-0.39, 0.29) is 0 Å². The lowest BCUT2D eigenvalue weighted by Gasteiger charge is -1.96. The molecule has 0 spiro atoms. The second-order valence-electron chi connectivity index (χ2n) is 3.84. The molecular weight excluding hydrogens is 236 g/mol. The van der Waals surface area contributed by atoms with E-state index in [1.807, 2.05) is 32.5 Å². The van der Waals surface area contributed by atoms with E-state index in [2.05, 4.69) is 20.4 Å². The quantitative estimate of drug-likeness (QED) is 0.648. The van der Waals surface area contributed by atoms with Crippen molar-refractivity contribution in [2.75, 3.05) is 0 Å². The van der Waals surface area contributed by atoms with Crippen molar-refractivity contribution in [2.24, 2.45) is 12.1 Å². The number of aromatic nitrogens is 5. The van der Waals surface area contributed by atoms with Crippen LogP contribution < -0.4 is 0 Å². The van der Waals surface area contributed by atoms with E-state index in [1.54, 1.807) is 10.9 Å². The Labute approximate surface area is 104 Å². The van der Waals surface area contributed by atoms with E-state index in [1.165, 1.54) is 0 Å². The van der Waals surface area contributed by atoms with Gasteiger partial charge in [0.1, 0.15) is 5.82 Å². The van der Waals surface area contributed by atoms with Crippen molar-refractivity contribution in [3.8, 4) is 0 Å². The summed E-state index contributed by atoms with van der Waals surface area (Å²) in [4.78, 5) is 0. The van der Waals surface area contributed by atoms with Gasteiger partial charge < -0.3 is 0 Å². The molecule has 90 valence electrons. The van der Waals surface area contributed by atoms with Gasteiger partial charge in [-0.05, 0) is 33.0 Å². The molecule has 6 nitrogen and oxygen atoms in total. The molecule has 0 saturated carbocycles. The Balaban J connectivity index is 2.42. The lowest BCUT2D eigenvalue weighted by molar-refractivity contribution is 0.731. The van der Waals surface area contributed by atoms with Crippen molar-refractivity contribution in [1.29, 1.82) is 0 Å². The van der Waals surface area contributed by atoms with Crippen LogP contribution in [-0.2, 0) is 7.05 Å². The summed E-state index contributed by atoms with van der Waals surface area (Å²) in [5.74, 6) is 0.727. The highest BCUT2D eigenvalue weighted by molar-refractivity contribution is 7.71. The minimum Gasteiger partial charge on any atom is -0.272 e. The molecule has 0 aromatic carbocycles. The molecule has 2 rings (SSSR count). The third-order valence-electron chi connectivity index (χ3n) is 2.68. The molecule has 0 radical (unpaired) electrons. The molecule has 1 N–H and O–H groups in total. The zero-order valence-corrected chi connectivity index (χ0v) is 11.0. The molecule has 0 unspecified atom stereocenters. The van der Waals surface area contributed by atoms with Crippen LogP contribution in [0.3, 0.4) is 0 Å². The fraction of sp³-hybridized carbons (Fsp3) is 0.400. The molecule has 0 amide bonds. The van der Waals surface area contributed by atoms with Crippen LogP contribution in [0.25, 0.3) is 0 Å². The summed E-state index contributed by atoms with van der Waals surface area (Å²) in [5.41, 5.74) is 3.02. The van der Waals surface area contributed by atoms with E-state index in [0.29, 0.717) is 4.77 Å². The average Bonchev–Trinajstić information content (AvgIpc) is 2.70. The number of aromatic amines is 1. The topological polar surface area (TPSA) is 63.8 Å². The Bertz CT molecular complexity index is 630. The van der Waals surface area contributed by atoms with Gasteiger partial charge in [-0.15, -0.1) is 0 Å². The summed E-state index contributed by atoms with van der Waals surface area (Å²) in [7, 11) is 1.91. The maximum Gasteiger partial charge on any atom is 0.216 e. The zero-order valence-electron chi connectivity index (χ0n) is 10.2. The van der Waals surface area contributed by atoms with Gasteiger partial charge in [0, 0.05) is 18.3 Å². The number of nitrogens with one attached hydrogen (secondary N) is 1. The van der Waals surface area contributed by atoms with E-state index < -0.39 is 0 Å². The Morgan fingerprint density at radius 3 is 2.53 bits per heavy atom. The van der Waals surface area contributed by atoms with Gasteiger partial charge >= 0.3 is 0 Å². The zero-order chi connectivity index (χ0) is 12.6. The third-order valence-corrected chi connectivity index (χ3v) is 2.94. The third kappa shape index (κ3) is 2.05. The lowest BCUT2D eigenvalue weighted by atomic mass is 10.2. The van der Waals surface area contributed by atoms with Gasteiger partial charge in [0.25, 0.3) is 0 Å². The van der Waals surface area contributed by atoms with Gasteiger partial charge in [-0.2, -0.15) is 20.0 Å². The van der Waals surface area contributed by atoms with Gasteiger partial charge in [-0.1, -0.05) is 0 Å². The van der Waals surface area contributed by atoms with Gasteiger partial charge in [0.15, 0.2) is 0 Å². The van der Waals surface area contributed by atoms with Gasteiger partial charge in [0.05, 0.1) is 11.9 Å². The van der Waals surface area contributed by atoms with Gasteiger partial charge in [-0.3, -0.25) is 9.78 Å². The van der Waals surface area contributed by atoms with E-state index in [4.69, 9.17) is 12.2 Å². The number of H-pyrrole nitrogens is 1. The molecule has 0 atom stereocenters. The minimum atomic E-state index is 0.484. The van der Waals surface area contributed by atoms with Gasteiger partial charge in [-0.25, -0.2) is 0 Å². The smallest absolute Gasteiger partial charge is 0.216 e. The first kappa shape index (κ1) is 11.7. The number of aryl methyl sites for hydroxylation is 3. The van der Waals surface area contributed by atoms with Crippen LogP contribution in [0.1, 0.15) is 22.8 Å². The summed E-state index contributed by atoms with van der Waals surface area (Å²) in [5, 5.41) is 15.3. The average molecular weight is 250 g/mol. The molecule has 17 heavy (non-hydrogen) atoms. The molecule has 7 heteroatoms. The van der Waals surface area contributed by atoms with Crippen LogP contribution in [0.2, 0.25) is 0 Å². The largest absolute Gasteiger partial charge is 0.272 e. The molecule has 2 aromatic heterocycles. The first-order valence-electron chi connectivity index (χ1n) is 5.19. The van der Waals surface area contributed by atoms with E-state index in [9.17, 15) is 0 Å². The maximum absolute atomic E-state index is 5.07. The molecule has 0 bridgehead atoms. The van der Waals surface area contributed by atoms with Crippen molar-refractivity contribution < 1.29 is 0 Å². The van der Waals surface area contributed by atoms with E-state index >= 15 is 0 Å². The van der Waals surface area contributed by atoms with Crippen LogP contribution in [-0.4, -0.2) is 30.9 Å². The van der Waals surface area contributed by atoms with Crippen LogP contribution >= 0.6 is 12.2 Å². The lowest BCUT2D eigenvalue weighted by Crippen LogP contribution is -1.96.